The minimum absolute atomic E-state index is 0.0673. The van der Waals surface area contributed by atoms with Crippen LogP contribution in [0.3, 0.4) is 0 Å². The van der Waals surface area contributed by atoms with E-state index in [4.69, 9.17) is 23.2 Å². The van der Waals surface area contributed by atoms with E-state index in [0.717, 1.165) is 13.0 Å². The predicted octanol–water partition coefficient (Wildman–Crippen LogP) is 2.19. The summed E-state index contributed by atoms with van der Waals surface area (Å²) in [6.45, 7) is 6.29. The standard InChI is InChI=1S/C8H13Cl2NO/c1-7(2)4-5-11(7)6(12)8(3,9)10/h4-5H2,1-3H3. The summed E-state index contributed by atoms with van der Waals surface area (Å²) in [6, 6.07) is 0. The molecule has 0 unspecified atom stereocenters. The van der Waals surface area contributed by atoms with Crippen molar-refractivity contribution < 1.29 is 4.79 Å². The summed E-state index contributed by atoms with van der Waals surface area (Å²) in [6.07, 6.45) is 1.02. The number of carbonyl (C=O) groups excluding carboxylic acids is 1. The molecular weight excluding hydrogens is 197 g/mol. The van der Waals surface area contributed by atoms with Crippen LogP contribution in [0.2, 0.25) is 0 Å². The molecule has 0 aromatic rings. The van der Waals surface area contributed by atoms with E-state index >= 15 is 0 Å². The van der Waals surface area contributed by atoms with Gasteiger partial charge < -0.3 is 4.90 Å². The van der Waals surface area contributed by atoms with Crippen molar-refractivity contribution in [3.63, 3.8) is 0 Å². The number of halogens is 2. The molecule has 1 heterocycles. The number of nitrogens with zero attached hydrogens (tertiary/aromatic N) is 1. The number of alkyl halides is 2. The number of likely N-dealkylation sites (tertiary alicyclic amines) is 1. The Morgan fingerprint density at radius 3 is 2.08 bits per heavy atom. The molecule has 0 aromatic carbocycles. The highest BCUT2D eigenvalue weighted by Crippen LogP contribution is 2.34. The fourth-order valence-electron chi connectivity index (χ4n) is 1.28. The summed E-state index contributed by atoms with van der Waals surface area (Å²) in [5, 5.41) is 0. The maximum atomic E-state index is 11.5. The number of rotatable bonds is 1. The van der Waals surface area contributed by atoms with Gasteiger partial charge in [0.05, 0.1) is 0 Å². The molecule has 0 bridgehead atoms. The van der Waals surface area contributed by atoms with Gasteiger partial charge in [0.15, 0.2) is 4.33 Å². The van der Waals surface area contributed by atoms with E-state index in [-0.39, 0.29) is 11.4 Å². The lowest BCUT2D eigenvalue weighted by molar-refractivity contribution is -0.145. The van der Waals surface area contributed by atoms with E-state index in [9.17, 15) is 4.79 Å². The average Bonchev–Trinajstić information content (AvgIpc) is 1.83. The van der Waals surface area contributed by atoms with Gasteiger partial charge in [-0.1, -0.05) is 23.2 Å². The number of amides is 1. The van der Waals surface area contributed by atoms with E-state index in [2.05, 4.69) is 0 Å². The Kier molecular flexibility index (Phi) is 2.34. The molecule has 0 spiro atoms. The van der Waals surface area contributed by atoms with Crippen molar-refractivity contribution in [2.75, 3.05) is 6.54 Å². The van der Waals surface area contributed by atoms with Crippen molar-refractivity contribution in [3.8, 4) is 0 Å². The maximum Gasteiger partial charge on any atom is 0.259 e. The van der Waals surface area contributed by atoms with Crippen LogP contribution in [0.5, 0.6) is 0 Å². The summed E-state index contributed by atoms with van der Waals surface area (Å²) >= 11 is 11.4. The van der Waals surface area contributed by atoms with Gasteiger partial charge in [-0.3, -0.25) is 4.79 Å². The van der Waals surface area contributed by atoms with Gasteiger partial charge in [-0.15, -0.1) is 0 Å². The molecule has 1 amide bonds. The highest BCUT2D eigenvalue weighted by molar-refractivity contribution is 6.57. The van der Waals surface area contributed by atoms with Gasteiger partial charge in [-0.25, -0.2) is 0 Å². The van der Waals surface area contributed by atoms with Crippen molar-refractivity contribution in [2.24, 2.45) is 0 Å². The van der Waals surface area contributed by atoms with Crippen LogP contribution in [0.25, 0.3) is 0 Å². The highest BCUT2D eigenvalue weighted by atomic mass is 35.5. The molecule has 1 aliphatic rings. The van der Waals surface area contributed by atoms with Crippen LogP contribution in [0.15, 0.2) is 0 Å². The summed E-state index contributed by atoms with van der Waals surface area (Å²) in [5.41, 5.74) is -0.0673. The Hall–Kier alpha value is 0.0500. The first-order valence-corrected chi connectivity index (χ1v) is 4.71. The van der Waals surface area contributed by atoms with Crippen molar-refractivity contribution in [1.29, 1.82) is 0 Å². The van der Waals surface area contributed by atoms with Crippen LogP contribution >= 0.6 is 23.2 Å². The number of hydrogen-bond acceptors (Lipinski definition) is 1. The van der Waals surface area contributed by atoms with E-state index < -0.39 is 4.33 Å². The summed E-state index contributed by atoms with van der Waals surface area (Å²) < 4.78 is -1.28. The Labute approximate surface area is 82.8 Å². The predicted molar refractivity (Wildman–Crippen MR) is 50.5 cm³/mol. The van der Waals surface area contributed by atoms with E-state index in [0.29, 0.717) is 0 Å². The Morgan fingerprint density at radius 2 is 2.00 bits per heavy atom. The second-order valence-electron chi connectivity index (χ2n) is 3.91. The summed E-state index contributed by atoms with van der Waals surface area (Å²) in [5.74, 6) is -0.193. The molecule has 0 radical (unpaired) electrons. The molecule has 1 saturated heterocycles. The smallest absolute Gasteiger partial charge is 0.259 e. The van der Waals surface area contributed by atoms with Crippen LogP contribution in [0.4, 0.5) is 0 Å². The van der Waals surface area contributed by atoms with Gasteiger partial charge in [-0.05, 0) is 27.2 Å². The molecule has 1 aliphatic heterocycles. The number of carbonyl (C=O) groups is 1. The van der Waals surface area contributed by atoms with Gasteiger partial charge in [0.1, 0.15) is 0 Å². The molecular formula is C8H13Cl2NO. The fraction of sp³-hybridized carbons (Fsp3) is 0.875. The Balaban J connectivity index is 2.67. The SMILES string of the molecule is CC(Cl)(Cl)C(=O)N1CCC1(C)C. The second-order valence-corrected chi connectivity index (χ2v) is 5.61. The third-order valence-corrected chi connectivity index (χ3v) is 2.62. The molecule has 2 nitrogen and oxygen atoms in total. The first-order valence-electron chi connectivity index (χ1n) is 3.95. The minimum atomic E-state index is -1.28. The van der Waals surface area contributed by atoms with Gasteiger partial charge in [0, 0.05) is 12.1 Å². The van der Waals surface area contributed by atoms with E-state index in [1.165, 1.54) is 6.92 Å². The minimum Gasteiger partial charge on any atom is -0.335 e. The lowest BCUT2D eigenvalue weighted by Gasteiger charge is -2.49. The van der Waals surface area contributed by atoms with Crippen LogP contribution in [0.1, 0.15) is 27.2 Å². The zero-order valence-corrected chi connectivity index (χ0v) is 9.04. The average molecular weight is 210 g/mol. The first kappa shape index (κ1) is 10.1. The molecule has 0 aliphatic carbocycles. The van der Waals surface area contributed by atoms with Gasteiger partial charge in [0.25, 0.3) is 5.91 Å². The van der Waals surface area contributed by atoms with Gasteiger partial charge in [0.2, 0.25) is 0 Å². The lowest BCUT2D eigenvalue weighted by Crippen LogP contribution is -2.61. The molecule has 0 saturated carbocycles. The molecule has 0 atom stereocenters. The first-order chi connectivity index (χ1) is 5.25. The van der Waals surface area contributed by atoms with Crippen LogP contribution in [-0.4, -0.2) is 27.2 Å². The van der Waals surface area contributed by atoms with Crippen molar-refractivity contribution in [3.05, 3.63) is 0 Å². The molecule has 4 heteroatoms. The largest absolute Gasteiger partial charge is 0.335 e. The molecule has 1 fully saturated rings. The van der Waals surface area contributed by atoms with Crippen molar-refractivity contribution >= 4 is 29.1 Å². The lowest BCUT2D eigenvalue weighted by atomic mass is 9.88. The Bertz CT molecular complexity index is 208. The molecule has 70 valence electrons. The Morgan fingerprint density at radius 1 is 1.50 bits per heavy atom. The summed E-state index contributed by atoms with van der Waals surface area (Å²) in [4.78, 5) is 13.2. The monoisotopic (exact) mass is 209 g/mol. The zero-order chi connectivity index (χ0) is 9.57. The van der Waals surface area contributed by atoms with Gasteiger partial charge >= 0.3 is 0 Å². The fourth-order valence-corrected chi connectivity index (χ4v) is 1.49. The van der Waals surface area contributed by atoms with Crippen molar-refractivity contribution in [2.45, 2.75) is 37.1 Å². The molecule has 12 heavy (non-hydrogen) atoms. The van der Waals surface area contributed by atoms with Crippen LogP contribution in [-0.2, 0) is 4.79 Å². The topological polar surface area (TPSA) is 20.3 Å². The third kappa shape index (κ3) is 1.69. The third-order valence-electron chi connectivity index (χ3n) is 2.30. The molecule has 0 N–H and O–H groups in total. The second kappa shape index (κ2) is 2.78. The van der Waals surface area contributed by atoms with Gasteiger partial charge in [-0.2, -0.15) is 0 Å². The van der Waals surface area contributed by atoms with Crippen LogP contribution < -0.4 is 0 Å². The van der Waals surface area contributed by atoms with Crippen molar-refractivity contribution in [1.82, 2.24) is 4.90 Å². The highest BCUT2D eigenvalue weighted by Gasteiger charge is 2.44. The zero-order valence-electron chi connectivity index (χ0n) is 7.53. The molecule has 1 rings (SSSR count). The quantitative estimate of drug-likeness (QED) is 0.607. The van der Waals surface area contributed by atoms with E-state index in [1.807, 2.05) is 13.8 Å². The van der Waals surface area contributed by atoms with E-state index in [1.54, 1.807) is 4.90 Å². The normalized spacial score (nSPS) is 21.9. The summed E-state index contributed by atoms with van der Waals surface area (Å²) in [7, 11) is 0. The molecule has 0 aromatic heterocycles. The number of hydrogen-bond donors (Lipinski definition) is 0. The van der Waals surface area contributed by atoms with Crippen LogP contribution in [0, 0.1) is 0 Å². The maximum absolute atomic E-state index is 11.5.